The Balaban J connectivity index is 1.68. The highest BCUT2D eigenvalue weighted by Gasteiger charge is 2.12. The van der Waals surface area contributed by atoms with E-state index in [4.69, 9.17) is 25.8 Å². The molecule has 0 aromatic heterocycles. The van der Waals surface area contributed by atoms with Crippen LogP contribution in [0.5, 0.6) is 17.2 Å². The highest BCUT2D eigenvalue weighted by molar-refractivity contribution is 6.32. The zero-order valence-corrected chi connectivity index (χ0v) is 17.9. The van der Waals surface area contributed by atoms with Gasteiger partial charge >= 0.3 is 0 Å². The number of nitrogens with one attached hydrogen (secondary N) is 1. The van der Waals surface area contributed by atoms with E-state index >= 15 is 0 Å². The Bertz CT molecular complexity index is 977. The molecular weight excluding hydrogens is 400 g/mol. The van der Waals surface area contributed by atoms with Crippen LogP contribution >= 0.6 is 11.6 Å². The molecule has 0 saturated heterocycles. The summed E-state index contributed by atoms with van der Waals surface area (Å²) in [6.07, 6.45) is 1.70. The first-order valence-corrected chi connectivity index (χ1v) is 10.1. The first kappa shape index (κ1) is 21.5. The number of methoxy groups -OCH3 is 1. The Labute approximate surface area is 182 Å². The van der Waals surface area contributed by atoms with E-state index in [1.54, 1.807) is 19.4 Å². The van der Waals surface area contributed by atoms with Crippen LogP contribution in [0, 0.1) is 0 Å². The van der Waals surface area contributed by atoms with Crippen LogP contribution in [-0.4, -0.2) is 19.9 Å². The fourth-order valence-electron chi connectivity index (χ4n) is 2.90. The lowest BCUT2D eigenvalue weighted by molar-refractivity contribution is 0.269. The number of para-hydroxylation sites is 1. The van der Waals surface area contributed by atoms with Gasteiger partial charge in [0.25, 0.3) is 0 Å². The van der Waals surface area contributed by atoms with Crippen molar-refractivity contribution in [2.75, 3.05) is 13.7 Å². The van der Waals surface area contributed by atoms with Gasteiger partial charge in [0.15, 0.2) is 11.5 Å². The minimum Gasteiger partial charge on any atom is -0.496 e. The SMILES string of the molecule is CCOc1cc(/C=N\NCc2ccccc2OC)cc(Cl)c1OCc1ccccc1. The van der Waals surface area contributed by atoms with Gasteiger partial charge in [-0.05, 0) is 36.2 Å². The fraction of sp³-hybridized carbons (Fsp3) is 0.208. The Morgan fingerprint density at radius 2 is 1.73 bits per heavy atom. The van der Waals surface area contributed by atoms with Crippen LogP contribution in [0.15, 0.2) is 71.8 Å². The van der Waals surface area contributed by atoms with Crippen LogP contribution < -0.4 is 19.6 Å². The largest absolute Gasteiger partial charge is 0.496 e. The van der Waals surface area contributed by atoms with Crippen molar-refractivity contribution in [1.82, 2.24) is 5.43 Å². The van der Waals surface area contributed by atoms with Crippen LogP contribution in [0.4, 0.5) is 0 Å². The molecule has 0 unspecified atom stereocenters. The lowest BCUT2D eigenvalue weighted by Crippen LogP contribution is -2.07. The van der Waals surface area contributed by atoms with Crippen molar-refractivity contribution in [3.63, 3.8) is 0 Å². The van der Waals surface area contributed by atoms with Gasteiger partial charge in [0.2, 0.25) is 0 Å². The van der Waals surface area contributed by atoms with Crippen molar-refractivity contribution in [2.45, 2.75) is 20.1 Å². The average Bonchev–Trinajstić information content (AvgIpc) is 2.77. The number of hydrogen-bond donors (Lipinski definition) is 1. The van der Waals surface area contributed by atoms with Gasteiger partial charge in [-0.1, -0.05) is 60.1 Å². The number of halogens is 1. The second-order valence-corrected chi connectivity index (χ2v) is 6.85. The summed E-state index contributed by atoms with van der Waals surface area (Å²) in [6.45, 7) is 3.38. The van der Waals surface area contributed by atoms with Gasteiger partial charge in [-0.3, -0.25) is 0 Å². The molecule has 156 valence electrons. The summed E-state index contributed by atoms with van der Waals surface area (Å²) in [6, 6.07) is 21.4. The molecule has 0 fully saturated rings. The van der Waals surface area contributed by atoms with E-state index in [1.165, 1.54) is 0 Å². The third-order valence-corrected chi connectivity index (χ3v) is 4.61. The Morgan fingerprint density at radius 1 is 0.967 bits per heavy atom. The Morgan fingerprint density at radius 3 is 2.50 bits per heavy atom. The summed E-state index contributed by atoms with van der Waals surface area (Å²) >= 11 is 6.48. The van der Waals surface area contributed by atoms with Crippen LogP contribution in [0.2, 0.25) is 5.02 Å². The minimum absolute atomic E-state index is 0.411. The van der Waals surface area contributed by atoms with Gasteiger partial charge in [0, 0.05) is 5.56 Å². The smallest absolute Gasteiger partial charge is 0.180 e. The quantitative estimate of drug-likeness (QED) is 0.347. The number of hydrogen-bond acceptors (Lipinski definition) is 5. The minimum atomic E-state index is 0.411. The monoisotopic (exact) mass is 424 g/mol. The second-order valence-electron chi connectivity index (χ2n) is 6.44. The summed E-state index contributed by atoms with van der Waals surface area (Å²) in [4.78, 5) is 0. The lowest BCUT2D eigenvalue weighted by atomic mass is 10.2. The maximum atomic E-state index is 6.48. The van der Waals surface area contributed by atoms with Gasteiger partial charge in [0.05, 0.1) is 31.5 Å². The molecular formula is C24H25ClN2O3. The first-order valence-electron chi connectivity index (χ1n) is 9.72. The standard InChI is InChI=1S/C24H25ClN2O3/c1-3-29-23-14-19(15-26-27-16-20-11-7-8-12-22(20)28-2)13-21(25)24(23)30-17-18-9-5-4-6-10-18/h4-15,27H,3,16-17H2,1-2H3/b26-15-. The molecule has 0 bridgehead atoms. The molecule has 1 N–H and O–H groups in total. The van der Waals surface area contributed by atoms with Crippen molar-refractivity contribution < 1.29 is 14.2 Å². The maximum absolute atomic E-state index is 6.48. The molecule has 5 nitrogen and oxygen atoms in total. The Hall–Kier alpha value is -3.18. The van der Waals surface area contributed by atoms with E-state index < -0.39 is 0 Å². The van der Waals surface area contributed by atoms with E-state index in [9.17, 15) is 0 Å². The second kappa shape index (κ2) is 11.1. The summed E-state index contributed by atoms with van der Waals surface area (Å²) in [5.41, 5.74) is 5.92. The molecule has 3 rings (SSSR count). The topological polar surface area (TPSA) is 52.1 Å². The van der Waals surface area contributed by atoms with E-state index in [1.807, 2.05) is 67.6 Å². The molecule has 0 radical (unpaired) electrons. The van der Waals surface area contributed by atoms with Crippen molar-refractivity contribution in [3.05, 3.63) is 88.4 Å². The summed E-state index contributed by atoms with van der Waals surface area (Å²) < 4.78 is 17.0. The highest BCUT2D eigenvalue weighted by Crippen LogP contribution is 2.37. The number of rotatable bonds is 10. The van der Waals surface area contributed by atoms with Gasteiger partial charge in [-0.15, -0.1) is 0 Å². The predicted octanol–water partition coefficient (Wildman–Crippen LogP) is 5.45. The third kappa shape index (κ3) is 5.91. The van der Waals surface area contributed by atoms with Gasteiger partial charge in [0.1, 0.15) is 12.4 Å². The van der Waals surface area contributed by atoms with E-state index in [0.717, 1.165) is 22.4 Å². The number of ether oxygens (including phenoxy) is 3. The number of nitrogens with zero attached hydrogens (tertiary/aromatic N) is 1. The molecule has 0 atom stereocenters. The molecule has 30 heavy (non-hydrogen) atoms. The average molecular weight is 425 g/mol. The van der Waals surface area contributed by atoms with Crippen molar-refractivity contribution in [1.29, 1.82) is 0 Å². The number of hydrazone groups is 1. The third-order valence-electron chi connectivity index (χ3n) is 4.32. The molecule has 3 aromatic carbocycles. The van der Waals surface area contributed by atoms with Gasteiger partial charge in [-0.2, -0.15) is 5.10 Å². The molecule has 6 heteroatoms. The summed E-state index contributed by atoms with van der Waals surface area (Å²) in [5, 5.41) is 4.77. The molecule has 0 spiro atoms. The van der Waals surface area contributed by atoms with Crippen LogP contribution in [-0.2, 0) is 13.2 Å². The van der Waals surface area contributed by atoms with Crippen molar-refractivity contribution >= 4 is 17.8 Å². The van der Waals surface area contributed by atoms with Gasteiger partial charge < -0.3 is 19.6 Å². The Kier molecular flexibility index (Phi) is 7.98. The van der Waals surface area contributed by atoms with Crippen LogP contribution in [0.25, 0.3) is 0 Å². The number of benzene rings is 3. The highest BCUT2D eigenvalue weighted by atomic mass is 35.5. The van der Waals surface area contributed by atoms with E-state index in [0.29, 0.717) is 36.3 Å². The van der Waals surface area contributed by atoms with E-state index in [2.05, 4.69) is 10.5 Å². The van der Waals surface area contributed by atoms with Crippen molar-refractivity contribution in [3.8, 4) is 17.2 Å². The summed E-state index contributed by atoms with van der Waals surface area (Å²) in [7, 11) is 1.65. The molecule has 0 aliphatic heterocycles. The van der Waals surface area contributed by atoms with E-state index in [-0.39, 0.29) is 0 Å². The zero-order chi connectivity index (χ0) is 21.2. The lowest BCUT2D eigenvalue weighted by Gasteiger charge is -2.14. The molecule has 0 amide bonds. The predicted molar refractivity (Wildman–Crippen MR) is 121 cm³/mol. The normalized spacial score (nSPS) is 10.8. The first-order chi connectivity index (χ1) is 14.7. The van der Waals surface area contributed by atoms with Crippen molar-refractivity contribution in [2.24, 2.45) is 5.10 Å². The fourth-order valence-corrected chi connectivity index (χ4v) is 3.17. The molecule has 0 saturated carbocycles. The van der Waals surface area contributed by atoms with Gasteiger partial charge in [-0.25, -0.2) is 0 Å². The maximum Gasteiger partial charge on any atom is 0.180 e. The zero-order valence-electron chi connectivity index (χ0n) is 17.1. The molecule has 0 aliphatic carbocycles. The van der Waals surface area contributed by atoms with Crippen LogP contribution in [0.3, 0.4) is 0 Å². The molecule has 0 heterocycles. The molecule has 0 aliphatic rings. The van der Waals surface area contributed by atoms with Crippen LogP contribution in [0.1, 0.15) is 23.6 Å². The summed E-state index contributed by atoms with van der Waals surface area (Å²) in [5.74, 6) is 1.94. The molecule has 3 aromatic rings.